The van der Waals surface area contributed by atoms with Gasteiger partial charge in [0.2, 0.25) is 5.91 Å². The summed E-state index contributed by atoms with van der Waals surface area (Å²) >= 11 is 0. The normalized spacial score (nSPS) is 15.6. The zero-order valence-electron chi connectivity index (χ0n) is 21.0. The van der Waals surface area contributed by atoms with E-state index >= 15 is 0 Å². The highest BCUT2D eigenvalue weighted by Crippen LogP contribution is 2.33. The quantitative estimate of drug-likeness (QED) is 0.278. The van der Waals surface area contributed by atoms with Gasteiger partial charge < -0.3 is 18.9 Å². The molecular weight excluding hydrogens is 450 g/mol. The fourth-order valence-electron chi connectivity index (χ4n) is 4.98. The number of aryl methyl sites for hydroxylation is 1. The molecule has 6 nitrogen and oxygen atoms in total. The molecule has 1 aliphatic rings. The first-order valence-corrected chi connectivity index (χ1v) is 12.8. The monoisotopic (exact) mass is 483 g/mol. The maximum absolute atomic E-state index is 13.1. The molecule has 0 unspecified atom stereocenters. The van der Waals surface area contributed by atoms with Crippen LogP contribution in [0, 0.1) is 0 Å². The maximum Gasteiger partial charge on any atom is 0.227 e. The summed E-state index contributed by atoms with van der Waals surface area (Å²) in [6.07, 6.45) is 3.89. The molecule has 4 aromatic rings. The number of anilines is 1. The lowest BCUT2D eigenvalue weighted by molar-refractivity contribution is -0.117. The highest BCUT2D eigenvalue weighted by atomic mass is 16.5. The topological polar surface area (TPSA) is 56.6 Å². The summed E-state index contributed by atoms with van der Waals surface area (Å²) in [6.45, 7) is 3.93. The van der Waals surface area contributed by atoms with Gasteiger partial charge in [-0.2, -0.15) is 0 Å². The van der Waals surface area contributed by atoms with Gasteiger partial charge in [-0.25, -0.2) is 4.98 Å². The third-order valence-corrected chi connectivity index (χ3v) is 6.88. The number of ether oxygens (including phenoxy) is 2. The molecule has 186 valence electrons. The number of benzene rings is 3. The zero-order chi connectivity index (χ0) is 24.9. The first-order valence-electron chi connectivity index (χ1n) is 12.8. The van der Waals surface area contributed by atoms with Crippen molar-refractivity contribution in [2.75, 3.05) is 25.2 Å². The van der Waals surface area contributed by atoms with E-state index in [9.17, 15) is 4.79 Å². The Morgan fingerprint density at radius 1 is 0.972 bits per heavy atom. The molecule has 5 rings (SSSR count). The molecule has 0 N–H and O–H groups in total. The van der Waals surface area contributed by atoms with Crippen molar-refractivity contribution in [1.82, 2.24) is 9.55 Å². The number of fused-ring (bicyclic) bond motifs is 1. The summed E-state index contributed by atoms with van der Waals surface area (Å²) in [6, 6.07) is 24.3. The molecule has 6 heteroatoms. The van der Waals surface area contributed by atoms with E-state index in [1.165, 1.54) is 18.4 Å². The molecule has 0 aliphatic carbocycles. The molecule has 1 aromatic heterocycles. The van der Waals surface area contributed by atoms with E-state index in [-0.39, 0.29) is 11.8 Å². The number of methoxy groups -OCH3 is 1. The van der Waals surface area contributed by atoms with E-state index in [1.807, 2.05) is 47.4 Å². The van der Waals surface area contributed by atoms with Crippen LogP contribution in [0.4, 0.5) is 5.69 Å². The predicted molar refractivity (Wildman–Crippen MR) is 143 cm³/mol. The Balaban J connectivity index is 1.35. The minimum atomic E-state index is 0.0240. The second-order valence-electron chi connectivity index (χ2n) is 9.29. The summed E-state index contributed by atoms with van der Waals surface area (Å²) in [5, 5.41) is 0. The fraction of sp³-hybridized carbons (Fsp3) is 0.333. The molecular formula is C30H33N3O3. The first kappa shape index (κ1) is 23.9. The van der Waals surface area contributed by atoms with Crippen molar-refractivity contribution in [3.05, 3.63) is 84.2 Å². The zero-order valence-corrected chi connectivity index (χ0v) is 21.0. The van der Waals surface area contributed by atoms with Crippen LogP contribution in [0.1, 0.15) is 43.5 Å². The molecule has 3 aromatic carbocycles. The van der Waals surface area contributed by atoms with Gasteiger partial charge in [-0.1, -0.05) is 49.7 Å². The van der Waals surface area contributed by atoms with Crippen molar-refractivity contribution in [3.63, 3.8) is 0 Å². The smallest absolute Gasteiger partial charge is 0.227 e. The number of imidazole rings is 1. The second kappa shape index (κ2) is 10.9. The molecule has 1 aliphatic heterocycles. The Bertz CT molecular complexity index is 1330. The van der Waals surface area contributed by atoms with Gasteiger partial charge in [-0.15, -0.1) is 0 Å². The number of aromatic nitrogens is 2. The largest absolute Gasteiger partial charge is 0.493 e. The van der Waals surface area contributed by atoms with Gasteiger partial charge in [0.1, 0.15) is 12.4 Å². The standard InChI is InChI=1S/C30H33N3O3/c1-3-4-9-22-14-16-24(17-15-22)33-21-23(20-29(33)34)30-31-25-10-5-6-11-26(25)32(30)18-19-36-28-13-8-7-12-27(28)35-2/h5-8,10-17,23H,3-4,9,18-21H2,1-2H3/t23-/m0/s1. The van der Waals surface area contributed by atoms with Crippen LogP contribution < -0.4 is 14.4 Å². The van der Waals surface area contributed by atoms with Crippen LogP contribution >= 0.6 is 0 Å². The molecule has 36 heavy (non-hydrogen) atoms. The third-order valence-electron chi connectivity index (χ3n) is 6.88. The lowest BCUT2D eigenvalue weighted by Gasteiger charge is -2.18. The van der Waals surface area contributed by atoms with Gasteiger partial charge in [-0.05, 0) is 54.8 Å². The highest BCUT2D eigenvalue weighted by molar-refractivity contribution is 5.96. The van der Waals surface area contributed by atoms with Crippen molar-refractivity contribution in [1.29, 1.82) is 0 Å². The Kier molecular flexibility index (Phi) is 7.21. The van der Waals surface area contributed by atoms with Crippen molar-refractivity contribution in [3.8, 4) is 11.5 Å². The minimum Gasteiger partial charge on any atom is -0.493 e. The first-order chi connectivity index (χ1) is 17.7. The molecule has 1 amide bonds. The molecule has 1 fully saturated rings. The molecule has 1 saturated heterocycles. The number of carbonyl (C=O) groups excluding carboxylic acids is 1. The van der Waals surface area contributed by atoms with Crippen molar-refractivity contribution in [2.24, 2.45) is 0 Å². The summed E-state index contributed by atoms with van der Waals surface area (Å²) in [4.78, 5) is 19.9. The SMILES string of the molecule is CCCCc1ccc(N2C[C@@H](c3nc4ccccc4n3CCOc3ccccc3OC)CC2=O)cc1. The van der Waals surface area contributed by atoms with Crippen LogP contribution in [-0.4, -0.2) is 35.7 Å². The van der Waals surface area contributed by atoms with E-state index in [4.69, 9.17) is 14.5 Å². The highest BCUT2D eigenvalue weighted by Gasteiger charge is 2.34. The lowest BCUT2D eigenvalue weighted by Crippen LogP contribution is -2.24. The molecule has 1 atom stereocenters. The number of rotatable bonds is 10. The van der Waals surface area contributed by atoms with Gasteiger partial charge in [0.25, 0.3) is 0 Å². The Morgan fingerprint density at radius 3 is 2.50 bits per heavy atom. The van der Waals surface area contributed by atoms with Crippen molar-refractivity contribution >= 4 is 22.6 Å². The molecule has 0 saturated carbocycles. The van der Waals surface area contributed by atoms with E-state index in [1.54, 1.807) is 7.11 Å². The summed E-state index contributed by atoms with van der Waals surface area (Å²) in [5.74, 6) is 2.54. The van der Waals surface area contributed by atoms with Crippen LogP contribution in [0.15, 0.2) is 72.8 Å². The van der Waals surface area contributed by atoms with Gasteiger partial charge >= 0.3 is 0 Å². The molecule has 0 bridgehead atoms. The number of unbranched alkanes of at least 4 members (excludes halogenated alkanes) is 1. The van der Waals surface area contributed by atoms with E-state index < -0.39 is 0 Å². The number of carbonyl (C=O) groups is 1. The summed E-state index contributed by atoms with van der Waals surface area (Å²) in [7, 11) is 1.64. The number of amides is 1. The van der Waals surface area contributed by atoms with Crippen molar-refractivity contribution in [2.45, 2.75) is 45.1 Å². The maximum atomic E-state index is 13.1. The third kappa shape index (κ3) is 4.94. The molecule has 2 heterocycles. The van der Waals surface area contributed by atoms with E-state index in [0.29, 0.717) is 31.9 Å². The fourth-order valence-corrected chi connectivity index (χ4v) is 4.98. The Hall–Kier alpha value is -3.80. The van der Waals surface area contributed by atoms with Crippen LogP contribution in [-0.2, 0) is 17.8 Å². The molecule has 0 spiro atoms. The summed E-state index contributed by atoms with van der Waals surface area (Å²) < 4.78 is 13.7. The van der Waals surface area contributed by atoms with Gasteiger partial charge in [-0.3, -0.25) is 4.79 Å². The predicted octanol–water partition coefficient (Wildman–Crippen LogP) is 5.99. The van der Waals surface area contributed by atoms with Crippen molar-refractivity contribution < 1.29 is 14.3 Å². The summed E-state index contributed by atoms with van der Waals surface area (Å²) in [5.41, 5.74) is 4.28. The van der Waals surface area contributed by atoms with Gasteiger partial charge in [0.15, 0.2) is 11.5 Å². The molecule has 0 radical (unpaired) electrons. The van der Waals surface area contributed by atoms with Gasteiger partial charge in [0.05, 0.1) is 24.7 Å². The minimum absolute atomic E-state index is 0.0240. The lowest BCUT2D eigenvalue weighted by atomic mass is 10.1. The van der Waals surface area contributed by atoms with Crippen LogP contribution in [0.2, 0.25) is 0 Å². The number of hydrogen-bond acceptors (Lipinski definition) is 4. The van der Waals surface area contributed by atoms with Crippen LogP contribution in [0.25, 0.3) is 11.0 Å². The van der Waals surface area contributed by atoms with E-state index in [2.05, 4.69) is 41.8 Å². The van der Waals surface area contributed by atoms with E-state index in [0.717, 1.165) is 34.7 Å². The van der Waals surface area contributed by atoms with Crippen LogP contribution in [0.5, 0.6) is 11.5 Å². The number of nitrogens with zero attached hydrogens (tertiary/aromatic N) is 3. The Labute approximate surface area is 212 Å². The average molecular weight is 484 g/mol. The Morgan fingerprint density at radius 2 is 1.72 bits per heavy atom. The average Bonchev–Trinajstić information content (AvgIpc) is 3.48. The second-order valence-corrected chi connectivity index (χ2v) is 9.29. The number of para-hydroxylation sites is 4. The van der Waals surface area contributed by atoms with Crippen LogP contribution in [0.3, 0.4) is 0 Å². The van der Waals surface area contributed by atoms with Gasteiger partial charge in [0, 0.05) is 24.6 Å². The number of hydrogen-bond donors (Lipinski definition) is 0.